The summed E-state index contributed by atoms with van der Waals surface area (Å²) in [6.07, 6.45) is 6.07. The maximum absolute atomic E-state index is 14.2. The van der Waals surface area contributed by atoms with Gasteiger partial charge in [-0.1, -0.05) is 33.6 Å². The minimum Gasteiger partial charge on any atom is -0.497 e. The molecule has 2 aromatic rings. The molecule has 1 aromatic carbocycles. The van der Waals surface area contributed by atoms with Crippen molar-refractivity contribution in [2.24, 2.45) is 29.1 Å². The van der Waals surface area contributed by atoms with Crippen LogP contribution in [0.2, 0.25) is 0 Å². The number of ether oxygens (including phenoxy) is 4. The topological polar surface area (TPSA) is 117 Å². The Labute approximate surface area is 259 Å². The normalized spacial score (nSPS) is 32.9. The van der Waals surface area contributed by atoms with Crippen LogP contribution in [0.3, 0.4) is 0 Å². The van der Waals surface area contributed by atoms with E-state index in [-0.39, 0.29) is 30.9 Å². The predicted molar refractivity (Wildman–Crippen MR) is 162 cm³/mol. The number of nitrogens with zero attached hydrogens (tertiary/aromatic N) is 3. The van der Waals surface area contributed by atoms with Crippen LogP contribution in [-0.2, 0) is 30.3 Å². The summed E-state index contributed by atoms with van der Waals surface area (Å²) in [5.41, 5.74) is 1.58. The Hall–Kier alpha value is -3.27. The number of carbonyl (C=O) groups is 3. The number of aldehydes is 1. The fourth-order valence-electron chi connectivity index (χ4n) is 7.73. The second kappa shape index (κ2) is 12.3. The fourth-order valence-corrected chi connectivity index (χ4v) is 7.73. The molecule has 10 heteroatoms. The van der Waals surface area contributed by atoms with Gasteiger partial charge in [-0.15, -0.1) is 0 Å². The van der Waals surface area contributed by atoms with Gasteiger partial charge in [0, 0.05) is 13.2 Å². The molecule has 0 spiro atoms. The molecule has 2 aliphatic carbocycles. The van der Waals surface area contributed by atoms with Crippen molar-refractivity contribution in [2.75, 3.05) is 20.8 Å². The van der Waals surface area contributed by atoms with E-state index in [2.05, 4.69) is 0 Å². The first-order valence-corrected chi connectivity index (χ1v) is 16.1. The minimum absolute atomic E-state index is 0.0335. The van der Waals surface area contributed by atoms with E-state index in [1.165, 1.54) is 18.4 Å². The van der Waals surface area contributed by atoms with Gasteiger partial charge in [-0.05, 0) is 67.4 Å². The van der Waals surface area contributed by atoms with Crippen LogP contribution in [0.15, 0.2) is 18.2 Å². The van der Waals surface area contributed by atoms with Gasteiger partial charge >= 0.3 is 5.97 Å². The summed E-state index contributed by atoms with van der Waals surface area (Å²) in [7, 11) is 3.12. The second-order valence-corrected chi connectivity index (χ2v) is 14.1. The molecule has 1 amide bonds. The first kappa shape index (κ1) is 30.7. The molecule has 1 aromatic heterocycles. The number of aryl methyl sites for hydroxylation is 1. The van der Waals surface area contributed by atoms with Crippen LogP contribution in [-0.4, -0.2) is 78.1 Å². The van der Waals surface area contributed by atoms with Gasteiger partial charge < -0.3 is 28.6 Å². The molecule has 3 heterocycles. The zero-order valence-electron chi connectivity index (χ0n) is 26.5. The number of hydrogen-bond donors (Lipinski definition) is 0. The van der Waals surface area contributed by atoms with Crippen LogP contribution in [0, 0.1) is 29.1 Å². The Morgan fingerprint density at radius 1 is 0.977 bits per heavy atom. The number of benzene rings is 1. The van der Waals surface area contributed by atoms with Gasteiger partial charge in [0.25, 0.3) is 0 Å². The van der Waals surface area contributed by atoms with Crippen LogP contribution in [0.4, 0.5) is 0 Å². The predicted octanol–water partition coefficient (Wildman–Crippen LogP) is 4.55. The maximum Gasteiger partial charge on any atom is 0.306 e. The third-order valence-electron chi connectivity index (χ3n) is 10.3. The molecule has 2 saturated carbocycles. The molecule has 1 saturated heterocycles. The summed E-state index contributed by atoms with van der Waals surface area (Å²) in [5.74, 6) is 1.43. The first-order chi connectivity index (χ1) is 21.1. The maximum atomic E-state index is 14.2. The smallest absolute Gasteiger partial charge is 0.306 e. The SMILES string of the molecule is COc1ccc2nc3c(nc2c1)O[C@H]1CN(C(=O)[C@H](C(C)(C)C)CC(=O)O[C@@H]2CC4CC4[C@H]2CCCCC3)[C@H](C=O)[C@@H]1OC. The number of esters is 1. The number of carbonyl (C=O) groups excluding carboxylic acids is 3. The molecular weight excluding hydrogens is 562 g/mol. The van der Waals surface area contributed by atoms with E-state index in [1.807, 2.05) is 39.0 Å². The zero-order valence-corrected chi connectivity index (χ0v) is 26.5. The Kier molecular flexibility index (Phi) is 8.56. The summed E-state index contributed by atoms with van der Waals surface area (Å²) < 4.78 is 23.8. The average molecular weight is 608 g/mol. The number of methoxy groups -OCH3 is 2. The highest BCUT2D eigenvalue weighted by Crippen LogP contribution is 2.58. The highest BCUT2D eigenvalue weighted by atomic mass is 16.5. The Morgan fingerprint density at radius 2 is 1.80 bits per heavy atom. The highest BCUT2D eigenvalue weighted by Gasteiger charge is 2.55. The van der Waals surface area contributed by atoms with Crippen molar-refractivity contribution in [1.29, 1.82) is 0 Å². The van der Waals surface area contributed by atoms with E-state index in [1.54, 1.807) is 7.11 Å². The summed E-state index contributed by atoms with van der Waals surface area (Å²) >= 11 is 0. The second-order valence-electron chi connectivity index (χ2n) is 14.1. The molecule has 2 bridgehead atoms. The Morgan fingerprint density at radius 3 is 2.52 bits per heavy atom. The van der Waals surface area contributed by atoms with Crippen molar-refractivity contribution in [3.63, 3.8) is 0 Å². The lowest BCUT2D eigenvalue weighted by Gasteiger charge is -2.34. The van der Waals surface area contributed by atoms with Gasteiger partial charge in [-0.25, -0.2) is 9.97 Å². The van der Waals surface area contributed by atoms with E-state index < -0.39 is 29.6 Å². The summed E-state index contributed by atoms with van der Waals surface area (Å²) in [6, 6.07) is 4.70. The molecule has 0 radical (unpaired) electrons. The number of rotatable bonds is 3. The number of amides is 1. The Balaban J connectivity index is 1.36. The number of hydrogen-bond acceptors (Lipinski definition) is 9. The van der Waals surface area contributed by atoms with Crippen LogP contribution in [0.25, 0.3) is 11.0 Å². The van der Waals surface area contributed by atoms with Crippen LogP contribution in [0.1, 0.15) is 71.4 Å². The Bertz CT molecular complexity index is 1410. The van der Waals surface area contributed by atoms with Crippen molar-refractivity contribution >= 4 is 29.2 Å². The fraction of sp³-hybridized carbons (Fsp3) is 0.676. The average Bonchev–Trinajstić information content (AvgIpc) is 3.54. The molecule has 10 nitrogen and oxygen atoms in total. The van der Waals surface area contributed by atoms with Crippen molar-refractivity contribution in [3.05, 3.63) is 23.9 Å². The van der Waals surface area contributed by atoms with Gasteiger partial charge in [0.1, 0.15) is 42.1 Å². The van der Waals surface area contributed by atoms with Crippen molar-refractivity contribution in [2.45, 2.75) is 96.5 Å². The van der Waals surface area contributed by atoms with E-state index in [9.17, 15) is 14.4 Å². The summed E-state index contributed by atoms with van der Waals surface area (Å²) in [4.78, 5) is 51.4. The number of aromatic nitrogens is 2. The largest absolute Gasteiger partial charge is 0.497 e. The van der Waals surface area contributed by atoms with Crippen molar-refractivity contribution in [3.8, 4) is 11.6 Å². The third kappa shape index (κ3) is 6.02. The zero-order chi connectivity index (χ0) is 31.2. The van der Waals surface area contributed by atoms with Crippen molar-refractivity contribution < 1.29 is 33.3 Å². The van der Waals surface area contributed by atoms with Crippen LogP contribution >= 0.6 is 0 Å². The quantitative estimate of drug-likeness (QED) is 0.366. The van der Waals surface area contributed by atoms with Crippen LogP contribution in [0.5, 0.6) is 11.6 Å². The van der Waals surface area contributed by atoms with E-state index >= 15 is 0 Å². The van der Waals surface area contributed by atoms with Gasteiger partial charge in [0.05, 0.1) is 37.0 Å². The summed E-state index contributed by atoms with van der Waals surface area (Å²) in [5, 5.41) is 0. The van der Waals surface area contributed by atoms with E-state index in [0.29, 0.717) is 41.3 Å². The molecule has 2 aliphatic heterocycles. The molecule has 2 unspecified atom stereocenters. The molecule has 8 atom stereocenters. The molecular formula is C34H45N3O7. The molecule has 4 aliphatic rings. The van der Waals surface area contributed by atoms with E-state index in [4.69, 9.17) is 28.9 Å². The lowest BCUT2D eigenvalue weighted by Crippen LogP contribution is -2.47. The molecule has 6 rings (SSSR count). The molecule has 238 valence electrons. The van der Waals surface area contributed by atoms with Gasteiger partial charge in [-0.2, -0.15) is 0 Å². The lowest BCUT2D eigenvalue weighted by atomic mass is 9.77. The summed E-state index contributed by atoms with van der Waals surface area (Å²) in [6.45, 7) is 5.96. The van der Waals surface area contributed by atoms with Gasteiger partial charge in [0.15, 0.2) is 0 Å². The highest BCUT2D eigenvalue weighted by molar-refractivity contribution is 5.87. The standard InChI is InChI=1S/C34H45N3O7/c1-34(2,3)23-16-30(39)43-28-14-19-13-22(19)21(28)9-7-6-8-10-25-32(36-26-15-20(41-4)11-12-24(26)35-25)44-29-17-37(33(23)40)27(18-38)31(29)42-5/h11-12,15,18-19,21-23,27-29,31H,6-10,13-14,16-17H2,1-5H3/t19?,21-,22?,23-,27-,28-,29+,31+/m1/s1. The van der Waals surface area contributed by atoms with Gasteiger partial charge in [0.2, 0.25) is 11.8 Å². The van der Waals surface area contributed by atoms with Crippen LogP contribution < -0.4 is 9.47 Å². The monoisotopic (exact) mass is 607 g/mol. The number of fused-ring (bicyclic) bond motifs is 7. The van der Waals surface area contributed by atoms with E-state index in [0.717, 1.165) is 49.6 Å². The lowest BCUT2D eigenvalue weighted by molar-refractivity contribution is -0.158. The molecule has 3 fully saturated rings. The molecule has 0 N–H and O–H groups in total. The third-order valence-corrected chi connectivity index (χ3v) is 10.3. The minimum atomic E-state index is -0.872. The van der Waals surface area contributed by atoms with Crippen molar-refractivity contribution in [1.82, 2.24) is 14.9 Å². The first-order valence-electron chi connectivity index (χ1n) is 16.1. The van der Waals surface area contributed by atoms with Gasteiger partial charge in [-0.3, -0.25) is 9.59 Å². The molecule has 44 heavy (non-hydrogen) atoms.